The number of hydrogen-bond donors (Lipinski definition) is 2. The Kier molecular flexibility index (Phi) is 4.95. The molecule has 1 saturated carbocycles. The number of nitrogens with one attached hydrogen (secondary N) is 1. The van der Waals surface area contributed by atoms with E-state index < -0.39 is 0 Å². The molecule has 0 bridgehead atoms. The molecule has 3 nitrogen and oxygen atoms in total. The molecule has 0 atom stereocenters. The van der Waals surface area contributed by atoms with Crippen LogP contribution in [0.3, 0.4) is 0 Å². The molecule has 1 aliphatic carbocycles. The quantitative estimate of drug-likeness (QED) is 0.874. The van der Waals surface area contributed by atoms with Crippen LogP contribution in [0.5, 0.6) is 0 Å². The van der Waals surface area contributed by atoms with Gasteiger partial charge in [-0.05, 0) is 31.4 Å². The molecule has 1 aliphatic rings. The standard InChI is InChI=1S/C15H20Cl2N2O/c1-10-5-6-11(16)14(13(10)17)19-12(20)9-15(18)7-3-2-4-8-15/h5-6H,2-4,7-9,18H2,1H3,(H,19,20). The third-order valence-corrected chi connectivity index (χ3v) is 4.71. The maximum Gasteiger partial charge on any atom is 0.226 e. The fraction of sp³-hybridized carbons (Fsp3) is 0.533. The molecule has 0 aromatic heterocycles. The Balaban J connectivity index is 2.07. The Morgan fingerprint density at radius 3 is 2.60 bits per heavy atom. The normalized spacial score (nSPS) is 17.8. The van der Waals surface area contributed by atoms with Crippen LogP contribution in [0, 0.1) is 6.92 Å². The zero-order valence-corrected chi connectivity index (χ0v) is 13.2. The summed E-state index contributed by atoms with van der Waals surface area (Å²) in [5.74, 6) is -0.121. The molecular weight excluding hydrogens is 295 g/mol. The number of benzene rings is 1. The van der Waals surface area contributed by atoms with Crippen molar-refractivity contribution in [2.24, 2.45) is 5.73 Å². The van der Waals surface area contributed by atoms with Crippen molar-refractivity contribution in [2.75, 3.05) is 5.32 Å². The summed E-state index contributed by atoms with van der Waals surface area (Å²) in [6.45, 7) is 1.87. The van der Waals surface area contributed by atoms with Crippen LogP contribution < -0.4 is 11.1 Å². The van der Waals surface area contributed by atoms with Crippen molar-refractivity contribution in [3.8, 4) is 0 Å². The highest BCUT2D eigenvalue weighted by molar-refractivity contribution is 6.40. The van der Waals surface area contributed by atoms with Crippen molar-refractivity contribution < 1.29 is 4.79 Å². The largest absolute Gasteiger partial charge is 0.325 e. The summed E-state index contributed by atoms with van der Waals surface area (Å²) in [5.41, 5.74) is 7.27. The Hall–Kier alpha value is -0.770. The van der Waals surface area contributed by atoms with Gasteiger partial charge in [-0.3, -0.25) is 4.79 Å². The number of aryl methyl sites for hydroxylation is 1. The third kappa shape index (κ3) is 3.66. The first kappa shape index (κ1) is 15.6. The fourth-order valence-electron chi connectivity index (χ4n) is 2.71. The number of amides is 1. The molecule has 0 heterocycles. The minimum absolute atomic E-state index is 0.121. The Labute approximate surface area is 129 Å². The van der Waals surface area contributed by atoms with E-state index in [0.717, 1.165) is 31.2 Å². The second kappa shape index (κ2) is 6.33. The van der Waals surface area contributed by atoms with Crippen LogP contribution in [-0.4, -0.2) is 11.4 Å². The second-order valence-electron chi connectivity index (χ2n) is 5.70. The molecule has 0 aliphatic heterocycles. The molecular formula is C15H20Cl2N2O. The minimum Gasteiger partial charge on any atom is -0.325 e. The maximum atomic E-state index is 12.2. The lowest BCUT2D eigenvalue weighted by Crippen LogP contribution is -2.44. The molecule has 2 rings (SSSR count). The monoisotopic (exact) mass is 314 g/mol. The zero-order valence-electron chi connectivity index (χ0n) is 11.6. The number of halogens is 2. The van der Waals surface area contributed by atoms with E-state index in [0.29, 0.717) is 22.2 Å². The summed E-state index contributed by atoms with van der Waals surface area (Å²) in [7, 11) is 0. The topological polar surface area (TPSA) is 55.1 Å². The lowest BCUT2D eigenvalue weighted by atomic mass is 9.80. The summed E-state index contributed by atoms with van der Waals surface area (Å²) in [6.07, 6.45) is 5.50. The van der Waals surface area contributed by atoms with Crippen LogP contribution in [0.25, 0.3) is 0 Å². The highest BCUT2D eigenvalue weighted by atomic mass is 35.5. The van der Waals surface area contributed by atoms with Crippen LogP contribution in [0.4, 0.5) is 5.69 Å². The molecule has 1 fully saturated rings. The van der Waals surface area contributed by atoms with Gasteiger partial charge in [0.25, 0.3) is 0 Å². The maximum absolute atomic E-state index is 12.2. The summed E-state index contributed by atoms with van der Waals surface area (Å²) in [4.78, 5) is 12.2. The van der Waals surface area contributed by atoms with Crippen molar-refractivity contribution in [3.63, 3.8) is 0 Å². The Morgan fingerprint density at radius 2 is 1.95 bits per heavy atom. The molecule has 20 heavy (non-hydrogen) atoms. The molecule has 0 unspecified atom stereocenters. The number of hydrogen-bond acceptors (Lipinski definition) is 2. The van der Waals surface area contributed by atoms with Gasteiger partial charge in [-0.25, -0.2) is 0 Å². The first-order valence-electron chi connectivity index (χ1n) is 6.95. The highest BCUT2D eigenvalue weighted by Crippen LogP contribution is 2.34. The number of anilines is 1. The van der Waals surface area contributed by atoms with E-state index in [1.54, 1.807) is 6.07 Å². The predicted molar refractivity (Wildman–Crippen MR) is 84.4 cm³/mol. The minimum atomic E-state index is -0.384. The van der Waals surface area contributed by atoms with E-state index in [-0.39, 0.29) is 11.4 Å². The van der Waals surface area contributed by atoms with Crippen molar-refractivity contribution in [2.45, 2.75) is 51.0 Å². The summed E-state index contributed by atoms with van der Waals surface area (Å²) >= 11 is 12.3. The van der Waals surface area contributed by atoms with Gasteiger partial charge < -0.3 is 11.1 Å². The molecule has 0 radical (unpaired) electrons. The van der Waals surface area contributed by atoms with Crippen LogP contribution >= 0.6 is 23.2 Å². The molecule has 3 N–H and O–H groups in total. The summed E-state index contributed by atoms with van der Waals surface area (Å²) in [6, 6.07) is 3.56. The van der Waals surface area contributed by atoms with Crippen LogP contribution in [-0.2, 0) is 4.79 Å². The van der Waals surface area contributed by atoms with Gasteiger partial charge in [0.2, 0.25) is 5.91 Å². The molecule has 5 heteroatoms. The molecule has 1 aromatic rings. The van der Waals surface area contributed by atoms with Crippen molar-refractivity contribution in [1.82, 2.24) is 0 Å². The number of carbonyl (C=O) groups excluding carboxylic acids is 1. The molecule has 110 valence electrons. The third-order valence-electron chi connectivity index (χ3n) is 3.91. The molecule has 0 saturated heterocycles. The van der Waals surface area contributed by atoms with Gasteiger partial charge in [-0.1, -0.05) is 48.5 Å². The van der Waals surface area contributed by atoms with Gasteiger partial charge in [-0.2, -0.15) is 0 Å². The number of rotatable bonds is 3. The van der Waals surface area contributed by atoms with Crippen molar-refractivity contribution in [3.05, 3.63) is 27.7 Å². The number of carbonyl (C=O) groups is 1. The van der Waals surface area contributed by atoms with E-state index in [4.69, 9.17) is 28.9 Å². The average Bonchev–Trinajstić information content (AvgIpc) is 2.39. The van der Waals surface area contributed by atoms with E-state index in [2.05, 4.69) is 5.32 Å². The smallest absolute Gasteiger partial charge is 0.226 e. The zero-order chi connectivity index (χ0) is 14.8. The van der Waals surface area contributed by atoms with Crippen molar-refractivity contribution in [1.29, 1.82) is 0 Å². The molecule has 1 amide bonds. The van der Waals surface area contributed by atoms with Gasteiger partial charge in [0, 0.05) is 12.0 Å². The lowest BCUT2D eigenvalue weighted by molar-refractivity contribution is -0.117. The first-order chi connectivity index (χ1) is 9.41. The van der Waals surface area contributed by atoms with Crippen LogP contribution in [0.15, 0.2) is 12.1 Å². The molecule has 0 spiro atoms. The van der Waals surface area contributed by atoms with E-state index in [9.17, 15) is 4.79 Å². The lowest BCUT2D eigenvalue weighted by Gasteiger charge is -2.32. The highest BCUT2D eigenvalue weighted by Gasteiger charge is 2.30. The van der Waals surface area contributed by atoms with Crippen LogP contribution in [0.2, 0.25) is 10.0 Å². The Bertz CT molecular complexity index is 511. The summed E-state index contributed by atoms with van der Waals surface area (Å²) < 4.78 is 0. The number of nitrogens with two attached hydrogens (primary N) is 1. The second-order valence-corrected chi connectivity index (χ2v) is 6.49. The predicted octanol–water partition coefficient (Wildman–Crippen LogP) is 4.29. The van der Waals surface area contributed by atoms with Gasteiger partial charge in [0.15, 0.2) is 0 Å². The van der Waals surface area contributed by atoms with Crippen LogP contribution in [0.1, 0.15) is 44.1 Å². The van der Waals surface area contributed by atoms with Gasteiger partial charge >= 0.3 is 0 Å². The summed E-state index contributed by atoms with van der Waals surface area (Å²) in [5, 5.41) is 3.74. The van der Waals surface area contributed by atoms with E-state index >= 15 is 0 Å². The first-order valence-corrected chi connectivity index (χ1v) is 7.70. The Morgan fingerprint density at radius 1 is 1.30 bits per heavy atom. The van der Waals surface area contributed by atoms with Gasteiger partial charge in [0.1, 0.15) is 0 Å². The van der Waals surface area contributed by atoms with E-state index in [1.165, 1.54) is 6.42 Å². The average molecular weight is 315 g/mol. The SMILES string of the molecule is Cc1ccc(Cl)c(NC(=O)CC2(N)CCCCC2)c1Cl. The molecule has 1 aromatic carbocycles. The van der Waals surface area contributed by atoms with Gasteiger partial charge in [0.05, 0.1) is 15.7 Å². The fourth-order valence-corrected chi connectivity index (χ4v) is 3.17. The van der Waals surface area contributed by atoms with Crippen molar-refractivity contribution >= 4 is 34.8 Å². The van der Waals surface area contributed by atoms with E-state index in [1.807, 2.05) is 13.0 Å². The van der Waals surface area contributed by atoms with Gasteiger partial charge in [-0.15, -0.1) is 0 Å².